The molecule has 0 amide bonds. The van der Waals surface area contributed by atoms with Crippen molar-refractivity contribution in [3.8, 4) is 11.1 Å². The van der Waals surface area contributed by atoms with Crippen molar-refractivity contribution in [3.05, 3.63) is 93.5 Å². The van der Waals surface area contributed by atoms with Crippen molar-refractivity contribution in [3.63, 3.8) is 0 Å². The van der Waals surface area contributed by atoms with E-state index in [-0.39, 0.29) is 17.2 Å². The Morgan fingerprint density at radius 3 is 1.97 bits per heavy atom. The zero-order valence-corrected chi connectivity index (χ0v) is 18.2. The third kappa shape index (κ3) is 6.02. The lowest BCUT2D eigenvalue weighted by Gasteiger charge is -2.06. The second-order valence-electron chi connectivity index (χ2n) is 6.92. The Labute approximate surface area is 196 Å². The molecule has 0 fully saturated rings. The number of aromatic carboxylic acids is 2. The first kappa shape index (κ1) is 26.1. The van der Waals surface area contributed by atoms with Crippen LogP contribution in [0.5, 0.6) is 0 Å². The van der Waals surface area contributed by atoms with Gasteiger partial charge in [-0.05, 0) is 46.5 Å². The van der Waals surface area contributed by atoms with Crippen LogP contribution in [0.1, 0.15) is 44.7 Å². The van der Waals surface area contributed by atoms with Crippen LogP contribution in [0.25, 0.3) is 11.1 Å². The fourth-order valence-electron chi connectivity index (χ4n) is 3.27. The van der Waals surface area contributed by atoms with Crippen LogP contribution < -0.4 is 0 Å². The van der Waals surface area contributed by atoms with Crippen molar-refractivity contribution in [1.29, 1.82) is 0 Å². The van der Waals surface area contributed by atoms with Crippen molar-refractivity contribution < 1.29 is 43.3 Å². The quantitative estimate of drug-likeness (QED) is 0.264. The molecule has 4 rings (SSSR count). The van der Waals surface area contributed by atoms with E-state index in [1.54, 1.807) is 12.1 Å². The summed E-state index contributed by atoms with van der Waals surface area (Å²) in [6.45, 7) is 2.12. The van der Waals surface area contributed by atoms with E-state index >= 15 is 0 Å². The molecular formula is C24H17ClF2O7. The maximum atomic E-state index is 12.4. The number of halogens is 3. The average molecular weight is 491 g/mol. The molecule has 0 heterocycles. The van der Waals surface area contributed by atoms with Gasteiger partial charge in [-0.3, -0.25) is 4.79 Å². The summed E-state index contributed by atoms with van der Waals surface area (Å²) < 4.78 is 24.8. The van der Waals surface area contributed by atoms with Gasteiger partial charge in [-0.2, -0.15) is 0 Å². The number of rotatable bonds is 3. The number of carbonyl (C=O) groups excluding carboxylic acids is 1. The zero-order valence-electron chi connectivity index (χ0n) is 17.5. The van der Waals surface area contributed by atoms with Gasteiger partial charge >= 0.3 is 17.9 Å². The molecule has 34 heavy (non-hydrogen) atoms. The van der Waals surface area contributed by atoms with Crippen LogP contribution in [-0.2, 0) is 9.59 Å². The maximum Gasteiger partial charge on any atom is 0.368 e. The summed E-state index contributed by atoms with van der Waals surface area (Å²) in [4.78, 5) is 39.2. The minimum absolute atomic E-state index is 0.167. The van der Waals surface area contributed by atoms with E-state index in [2.05, 4.69) is 19.1 Å². The highest BCUT2D eigenvalue weighted by Gasteiger charge is 2.25. The Morgan fingerprint density at radius 1 is 0.853 bits per heavy atom. The second-order valence-corrected chi connectivity index (χ2v) is 7.33. The minimum atomic E-state index is -1.43. The zero-order chi connectivity index (χ0) is 25.6. The van der Waals surface area contributed by atoms with E-state index in [0.29, 0.717) is 17.7 Å². The second kappa shape index (κ2) is 11.2. The number of fused-ring (bicyclic) bond motifs is 3. The summed E-state index contributed by atoms with van der Waals surface area (Å²) in [5.74, 6) is -5.79. The standard InChI is InChI=1S/C15H12O2.C7H3ClF2O2.C2H2O3/c1-9-11-4-2-3-5-12(11)13-7-6-10(15(16)17)8-14(9)13;8-4-2-6(10)5(9)1-3(4)7(11)12;3-1-2(4)5/h2-9H,1H3,(H,16,17);1-2H,(H,11,12);1H,(H,4,5). The molecule has 0 saturated carbocycles. The van der Waals surface area contributed by atoms with Gasteiger partial charge in [-0.25, -0.2) is 23.2 Å². The van der Waals surface area contributed by atoms with Gasteiger partial charge in [0, 0.05) is 5.92 Å². The lowest BCUT2D eigenvalue weighted by Crippen LogP contribution is -1.99. The monoisotopic (exact) mass is 490 g/mol. The van der Waals surface area contributed by atoms with Crippen LogP contribution in [0.4, 0.5) is 8.78 Å². The van der Waals surface area contributed by atoms with Gasteiger partial charge in [0.2, 0.25) is 6.29 Å². The highest BCUT2D eigenvalue weighted by atomic mass is 35.5. The number of aliphatic carboxylic acids is 1. The molecule has 7 nitrogen and oxygen atoms in total. The highest BCUT2D eigenvalue weighted by Crippen LogP contribution is 2.44. The molecule has 0 saturated heterocycles. The SMILES string of the molecule is CC1c2ccccc2-c2ccc(C(=O)O)cc21.O=C(O)c1cc(F)c(F)cc1Cl.O=CC(=O)O. The van der Waals surface area contributed by atoms with Crippen LogP contribution in [0.3, 0.4) is 0 Å². The molecule has 1 unspecified atom stereocenters. The lowest BCUT2D eigenvalue weighted by molar-refractivity contribution is -0.143. The predicted molar refractivity (Wildman–Crippen MR) is 118 cm³/mol. The molecule has 3 aromatic rings. The molecule has 0 bridgehead atoms. The molecule has 10 heteroatoms. The van der Waals surface area contributed by atoms with E-state index < -0.39 is 35.1 Å². The Bertz CT molecular complexity index is 1270. The normalized spacial score (nSPS) is 12.6. The van der Waals surface area contributed by atoms with E-state index in [4.69, 9.17) is 36.5 Å². The van der Waals surface area contributed by atoms with Gasteiger partial charge in [0.25, 0.3) is 0 Å². The van der Waals surface area contributed by atoms with Crippen molar-refractivity contribution in [1.82, 2.24) is 0 Å². The number of carboxylic acids is 3. The highest BCUT2D eigenvalue weighted by molar-refractivity contribution is 6.33. The van der Waals surface area contributed by atoms with Gasteiger partial charge in [0.1, 0.15) is 0 Å². The van der Waals surface area contributed by atoms with E-state index in [9.17, 15) is 18.4 Å². The van der Waals surface area contributed by atoms with Gasteiger partial charge in [-0.1, -0.05) is 48.9 Å². The molecule has 0 spiro atoms. The number of hydrogen-bond acceptors (Lipinski definition) is 4. The van der Waals surface area contributed by atoms with Gasteiger partial charge in [-0.15, -0.1) is 0 Å². The fourth-order valence-corrected chi connectivity index (χ4v) is 3.50. The molecule has 1 aliphatic rings. The first-order chi connectivity index (χ1) is 16.0. The van der Waals surface area contributed by atoms with E-state index in [0.717, 1.165) is 11.1 Å². The minimum Gasteiger partial charge on any atom is -0.478 e. The summed E-state index contributed by atoms with van der Waals surface area (Å²) in [6.07, 6.45) is -0.167. The molecule has 3 N–H and O–H groups in total. The van der Waals surface area contributed by atoms with Crippen LogP contribution in [0, 0.1) is 11.6 Å². The molecule has 0 aliphatic heterocycles. The number of benzene rings is 3. The number of hydrogen-bond donors (Lipinski definition) is 3. The van der Waals surface area contributed by atoms with Crippen molar-refractivity contribution in [2.24, 2.45) is 0 Å². The van der Waals surface area contributed by atoms with E-state index in [1.807, 2.05) is 18.2 Å². The lowest BCUT2D eigenvalue weighted by atomic mass is 9.98. The first-order valence-electron chi connectivity index (χ1n) is 9.50. The first-order valence-corrected chi connectivity index (χ1v) is 9.88. The van der Waals surface area contributed by atoms with Crippen LogP contribution in [-0.4, -0.2) is 39.5 Å². The van der Waals surface area contributed by atoms with Gasteiger partial charge in [0.15, 0.2) is 11.6 Å². The van der Waals surface area contributed by atoms with Crippen molar-refractivity contribution >= 4 is 35.8 Å². The molecule has 1 atom stereocenters. The number of carboxylic acid groups (broad SMARTS) is 3. The summed E-state index contributed by atoms with van der Waals surface area (Å²) in [6, 6.07) is 14.8. The summed E-state index contributed by atoms with van der Waals surface area (Å²) in [7, 11) is 0. The Balaban J connectivity index is 0.000000210. The van der Waals surface area contributed by atoms with Crippen molar-refractivity contribution in [2.75, 3.05) is 0 Å². The van der Waals surface area contributed by atoms with Gasteiger partial charge < -0.3 is 15.3 Å². The Hall–Kier alpha value is -4.11. The molecule has 3 aromatic carbocycles. The summed E-state index contributed by atoms with van der Waals surface area (Å²) in [5, 5.41) is 24.5. The van der Waals surface area contributed by atoms with Crippen LogP contribution in [0.15, 0.2) is 54.6 Å². The molecular weight excluding hydrogens is 474 g/mol. The predicted octanol–water partition coefficient (Wildman–Crippen LogP) is 5.10. The van der Waals surface area contributed by atoms with Crippen molar-refractivity contribution in [2.45, 2.75) is 12.8 Å². The largest absolute Gasteiger partial charge is 0.478 e. The Kier molecular flexibility index (Phi) is 8.58. The third-order valence-corrected chi connectivity index (χ3v) is 5.14. The van der Waals surface area contributed by atoms with Crippen LogP contribution >= 0.6 is 11.6 Å². The average Bonchev–Trinajstić information content (AvgIpc) is 3.08. The maximum absolute atomic E-state index is 12.4. The van der Waals surface area contributed by atoms with Crippen LogP contribution in [0.2, 0.25) is 5.02 Å². The Morgan fingerprint density at radius 2 is 1.41 bits per heavy atom. The summed E-state index contributed by atoms with van der Waals surface area (Å²) in [5.41, 5.74) is 4.71. The molecule has 0 aromatic heterocycles. The molecule has 176 valence electrons. The topological polar surface area (TPSA) is 129 Å². The number of carbonyl (C=O) groups is 4. The summed E-state index contributed by atoms with van der Waals surface area (Å²) >= 11 is 5.31. The fraction of sp³-hybridized carbons (Fsp3) is 0.0833. The smallest absolute Gasteiger partial charge is 0.368 e. The van der Waals surface area contributed by atoms with Gasteiger partial charge in [0.05, 0.1) is 16.1 Å². The number of aldehydes is 1. The van der Waals surface area contributed by atoms with E-state index in [1.165, 1.54) is 11.1 Å². The molecule has 0 radical (unpaired) electrons. The third-order valence-electron chi connectivity index (χ3n) is 4.82. The molecule has 1 aliphatic carbocycles.